The SMILES string of the molecule is CCCCC(CC)(CO)CO.CCCCC(CC)(CO)CO.CCCCCC(O)O. The number of hydrogen-bond donors (Lipinski definition) is 6. The van der Waals surface area contributed by atoms with Crippen molar-refractivity contribution in [2.24, 2.45) is 10.8 Å². The second-order valence-corrected chi connectivity index (χ2v) is 8.52. The van der Waals surface area contributed by atoms with Gasteiger partial charge in [-0.25, -0.2) is 0 Å². The van der Waals surface area contributed by atoms with Gasteiger partial charge in [0.1, 0.15) is 0 Å². The van der Waals surface area contributed by atoms with E-state index in [-0.39, 0.29) is 37.3 Å². The molecule has 0 amide bonds. The van der Waals surface area contributed by atoms with Crippen LogP contribution in [0.15, 0.2) is 0 Å². The van der Waals surface area contributed by atoms with Gasteiger partial charge in [-0.15, -0.1) is 0 Å². The number of aliphatic hydroxyl groups excluding tert-OH is 5. The van der Waals surface area contributed by atoms with E-state index >= 15 is 0 Å². The van der Waals surface area contributed by atoms with Crippen LogP contribution in [-0.4, -0.2) is 63.4 Å². The molecular formula is C24H54O6. The Labute approximate surface area is 186 Å². The highest BCUT2D eigenvalue weighted by Gasteiger charge is 2.25. The van der Waals surface area contributed by atoms with Crippen LogP contribution < -0.4 is 0 Å². The maximum Gasteiger partial charge on any atom is 0.151 e. The summed E-state index contributed by atoms with van der Waals surface area (Å²) in [6, 6.07) is 0. The number of aliphatic hydroxyl groups is 6. The van der Waals surface area contributed by atoms with E-state index in [1.54, 1.807) is 0 Å². The van der Waals surface area contributed by atoms with E-state index in [1.165, 1.54) is 0 Å². The summed E-state index contributed by atoms with van der Waals surface area (Å²) in [5.74, 6) is 0. The molecule has 0 saturated carbocycles. The van der Waals surface area contributed by atoms with Crippen LogP contribution in [0, 0.1) is 10.8 Å². The standard InChI is InChI=1S/2C9H20O2.C6H14O2/c2*1-3-5-6-9(4-2,7-10)8-11;1-2-3-4-5-6(7)8/h2*10-11H,3-8H2,1-2H3;6-8H,2-5H2,1H3. The zero-order valence-corrected chi connectivity index (χ0v) is 20.6. The van der Waals surface area contributed by atoms with E-state index in [0.717, 1.165) is 70.6 Å². The van der Waals surface area contributed by atoms with Gasteiger partial charge in [0.15, 0.2) is 6.29 Å². The molecule has 0 aliphatic carbocycles. The van der Waals surface area contributed by atoms with Crippen molar-refractivity contribution >= 4 is 0 Å². The van der Waals surface area contributed by atoms with Crippen molar-refractivity contribution in [1.82, 2.24) is 0 Å². The van der Waals surface area contributed by atoms with Crippen molar-refractivity contribution in [3.05, 3.63) is 0 Å². The van der Waals surface area contributed by atoms with Crippen LogP contribution in [0.25, 0.3) is 0 Å². The van der Waals surface area contributed by atoms with Crippen molar-refractivity contribution in [3.8, 4) is 0 Å². The Morgan fingerprint density at radius 2 is 0.867 bits per heavy atom. The van der Waals surface area contributed by atoms with Crippen molar-refractivity contribution < 1.29 is 30.6 Å². The minimum atomic E-state index is -1.10. The molecule has 186 valence electrons. The summed E-state index contributed by atoms with van der Waals surface area (Å²) in [5.41, 5.74) is -0.425. The molecule has 0 rings (SSSR count). The minimum Gasteiger partial charge on any atom is -0.396 e. The molecule has 30 heavy (non-hydrogen) atoms. The Hall–Kier alpha value is -0.240. The molecule has 6 N–H and O–H groups in total. The van der Waals surface area contributed by atoms with Gasteiger partial charge in [-0.05, 0) is 38.5 Å². The lowest BCUT2D eigenvalue weighted by Gasteiger charge is -2.27. The molecular weight excluding hydrogens is 384 g/mol. The van der Waals surface area contributed by atoms with Gasteiger partial charge >= 0.3 is 0 Å². The molecule has 0 aromatic heterocycles. The fourth-order valence-corrected chi connectivity index (χ4v) is 2.90. The highest BCUT2D eigenvalue weighted by atomic mass is 16.5. The topological polar surface area (TPSA) is 121 Å². The molecule has 0 atom stereocenters. The van der Waals surface area contributed by atoms with Crippen molar-refractivity contribution in [2.45, 2.75) is 118 Å². The van der Waals surface area contributed by atoms with Crippen LogP contribution in [0.5, 0.6) is 0 Å². The van der Waals surface area contributed by atoms with E-state index in [4.69, 9.17) is 30.6 Å². The normalized spacial score (nSPS) is 11.6. The molecule has 0 spiro atoms. The molecule has 0 aliphatic rings. The van der Waals surface area contributed by atoms with Crippen molar-refractivity contribution in [2.75, 3.05) is 26.4 Å². The minimum absolute atomic E-state index is 0.111. The largest absolute Gasteiger partial charge is 0.396 e. The molecule has 0 unspecified atom stereocenters. The Bertz CT molecular complexity index is 274. The molecule has 0 aliphatic heterocycles. The summed E-state index contributed by atoms with van der Waals surface area (Å²) < 4.78 is 0. The lowest BCUT2D eigenvalue weighted by Crippen LogP contribution is -2.28. The lowest BCUT2D eigenvalue weighted by atomic mass is 9.82. The molecule has 0 heterocycles. The first kappa shape index (κ1) is 34.4. The third-order valence-corrected chi connectivity index (χ3v) is 6.03. The molecule has 0 fully saturated rings. The Morgan fingerprint density at radius 3 is 1.07 bits per heavy atom. The first-order valence-corrected chi connectivity index (χ1v) is 12.1. The van der Waals surface area contributed by atoms with Gasteiger partial charge in [-0.1, -0.05) is 73.1 Å². The van der Waals surface area contributed by atoms with Crippen LogP contribution in [0.1, 0.15) is 112 Å². The molecule has 6 nitrogen and oxygen atoms in total. The molecule has 0 aromatic rings. The van der Waals surface area contributed by atoms with Crippen LogP contribution >= 0.6 is 0 Å². The van der Waals surface area contributed by atoms with E-state index in [1.807, 2.05) is 13.8 Å². The predicted octanol–water partition coefficient (Wildman–Crippen LogP) is 3.99. The molecule has 6 heteroatoms. The third-order valence-electron chi connectivity index (χ3n) is 6.03. The summed E-state index contributed by atoms with van der Waals surface area (Å²) in [6.07, 6.45) is 10.6. The number of rotatable bonds is 16. The average molecular weight is 439 g/mol. The molecule has 0 bridgehead atoms. The summed E-state index contributed by atoms with van der Waals surface area (Å²) in [5, 5.41) is 52.8. The van der Waals surface area contributed by atoms with Gasteiger partial charge in [-0.2, -0.15) is 0 Å². The Kier molecular flexibility index (Phi) is 26.8. The van der Waals surface area contributed by atoms with Crippen LogP contribution in [0.3, 0.4) is 0 Å². The van der Waals surface area contributed by atoms with Gasteiger partial charge in [0, 0.05) is 10.8 Å². The van der Waals surface area contributed by atoms with Crippen molar-refractivity contribution in [1.29, 1.82) is 0 Å². The Balaban J connectivity index is -0.000000370. The number of hydrogen-bond acceptors (Lipinski definition) is 6. The molecule has 0 aromatic carbocycles. The maximum atomic E-state index is 9.04. The fourth-order valence-electron chi connectivity index (χ4n) is 2.90. The second kappa shape index (κ2) is 23.4. The van der Waals surface area contributed by atoms with Crippen LogP contribution in [-0.2, 0) is 0 Å². The monoisotopic (exact) mass is 438 g/mol. The Morgan fingerprint density at radius 1 is 0.533 bits per heavy atom. The summed E-state index contributed by atoms with van der Waals surface area (Å²) >= 11 is 0. The first-order valence-electron chi connectivity index (χ1n) is 12.1. The average Bonchev–Trinajstić information content (AvgIpc) is 2.77. The van der Waals surface area contributed by atoms with Crippen molar-refractivity contribution in [3.63, 3.8) is 0 Å². The molecule has 0 saturated heterocycles. The fraction of sp³-hybridized carbons (Fsp3) is 1.00. The first-order chi connectivity index (χ1) is 14.3. The van der Waals surface area contributed by atoms with E-state index in [2.05, 4.69) is 20.8 Å². The van der Waals surface area contributed by atoms with Gasteiger partial charge < -0.3 is 30.6 Å². The van der Waals surface area contributed by atoms with Crippen LogP contribution in [0.4, 0.5) is 0 Å². The zero-order valence-electron chi connectivity index (χ0n) is 20.6. The van der Waals surface area contributed by atoms with E-state index < -0.39 is 6.29 Å². The second-order valence-electron chi connectivity index (χ2n) is 8.52. The lowest BCUT2D eigenvalue weighted by molar-refractivity contribution is -0.0465. The quantitative estimate of drug-likeness (QED) is 0.160. The van der Waals surface area contributed by atoms with Gasteiger partial charge in [0.05, 0.1) is 26.4 Å². The van der Waals surface area contributed by atoms with E-state index in [0.29, 0.717) is 6.42 Å². The van der Waals surface area contributed by atoms with Gasteiger partial charge in [0.2, 0.25) is 0 Å². The smallest absolute Gasteiger partial charge is 0.151 e. The summed E-state index contributed by atoms with van der Waals surface area (Å²) in [6.45, 7) is 10.8. The maximum absolute atomic E-state index is 9.04. The predicted molar refractivity (Wildman–Crippen MR) is 125 cm³/mol. The number of unbranched alkanes of at least 4 members (excludes halogenated alkanes) is 4. The zero-order chi connectivity index (χ0) is 23.9. The highest BCUT2D eigenvalue weighted by Crippen LogP contribution is 2.27. The van der Waals surface area contributed by atoms with Crippen LogP contribution in [0.2, 0.25) is 0 Å². The summed E-state index contributed by atoms with van der Waals surface area (Å²) in [4.78, 5) is 0. The molecule has 0 radical (unpaired) electrons. The third kappa shape index (κ3) is 18.5. The van der Waals surface area contributed by atoms with Gasteiger partial charge in [0.25, 0.3) is 0 Å². The van der Waals surface area contributed by atoms with Gasteiger partial charge in [-0.3, -0.25) is 0 Å². The highest BCUT2D eigenvalue weighted by molar-refractivity contribution is 4.76. The van der Waals surface area contributed by atoms with E-state index in [9.17, 15) is 0 Å². The summed E-state index contributed by atoms with van der Waals surface area (Å²) in [7, 11) is 0.